The number of hydrogen-bond donors (Lipinski definition) is 0. The molecule has 1 atom stereocenters. The molecule has 1 fully saturated rings. The summed E-state index contributed by atoms with van der Waals surface area (Å²) in [6, 6.07) is 11.6. The van der Waals surface area contributed by atoms with Crippen LogP contribution in [-0.4, -0.2) is 43.1 Å². The first-order valence-corrected chi connectivity index (χ1v) is 9.42. The van der Waals surface area contributed by atoms with Crippen LogP contribution in [0.3, 0.4) is 0 Å². The van der Waals surface area contributed by atoms with Gasteiger partial charge in [0.2, 0.25) is 0 Å². The fourth-order valence-corrected chi connectivity index (χ4v) is 4.24. The van der Waals surface area contributed by atoms with Crippen LogP contribution in [0.2, 0.25) is 0 Å². The molecule has 6 heteroatoms. The summed E-state index contributed by atoms with van der Waals surface area (Å²) in [5.41, 5.74) is 4.56. The summed E-state index contributed by atoms with van der Waals surface area (Å²) in [5.74, 6) is 1.97. The number of aromatic nitrogens is 1. The Hall–Kier alpha value is -2.60. The van der Waals surface area contributed by atoms with Crippen molar-refractivity contribution >= 4 is 27.5 Å². The van der Waals surface area contributed by atoms with Gasteiger partial charge in [-0.25, -0.2) is 4.98 Å². The maximum atomic E-state index is 12.9. The zero-order valence-corrected chi connectivity index (χ0v) is 15.6. The van der Waals surface area contributed by atoms with Crippen molar-refractivity contribution in [1.82, 2.24) is 9.88 Å². The Kier molecular flexibility index (Phi) is 4.51. The maximum Gasteiger partial charge on any atom is 0.253 e. The fourth-order valence-electron chi connectivity index (χ4n) is 3.53. The quantitative estimate of drug-likeness (QED) is 0.700. The third-order valence-electron chi connectivity index (χ3n) is 4.93. The summed E-state index contributed by atoms with van der Waals surface area (Å²) in [7, 11) is 3.33. The molecule has 2 aromatic carbocycles. The Balaban J connectivity index is 1.55. The molecule has 2 heterocycles. The first-order valence-electron chi connectivity index (χ1n) is 8.54. The average Bonchev–Trinajstić information content (AvgIpc) is 3.35. The highest BCUT2D eigenvalue weighted by atomic mass is 32.1. The van der Waals surface area contributed by atoms with E-state index in [-0.39, 0.29) is 11.8 Å². The van der Waals surface area contributed by atoms with Crippen molar-refractivity contribution in [3.63, 3.8) is 0 Å². The number of benzene rings is 2. The molecule has 26 heavy (non-hydrogen) atoms. The number of fused-ring (bicyclic) bond motifs is 1. The Bertz CT molecular complexity index is 953. The molecule has 0 radical (unpaired) electrons. The standard InChI is InChI=1S/C20H20N2O3S/c1-24-15-4-6-18(25-2)16(10-15)14-7-8-22(11-14)20(23)13-3-5-17-19(9-13)26-12-21-17/h3-6,9-10,12,14H,7-8,11H2,1-2H3. The lowest BCUT2D eigenvalue weighted by atomic mass is 9.97. The van der Waals surface area contributed by atoms with Crippen LogP contribution >= 0.6 is 11.3 Å². The van der Waals surface area contributed by atoms with E-state index in [9.17, 15) is 4.79 Å². The molecule has 0 aliphatic carbocycles. The van der Waals surface area contributed by atoms with Gasteiger partial charge in [-0.3, -0.25) is 4.79 Å². The third kappa shape index (κ3) is 3.01. The molecular formula is C20H20N2O3S. The molecule has 1 aromatic heterocycles. The van der Waals surface area contributed by atoms with E-state index in [0.717, 1.165) is 45.8 Å². The number of ether oxygens (including phenoxy) is 2. The van der Waals surface area contributed by atoms with Crippen molar-refractivity contribution in [3.8, 4) is 11.5 Å². The highest BCUT2D eigenvalue weighted by molar-refractivity contribution is 7.16. The molecule has 134 valence electrons. The van der Waals surface area contributed by atoms with Gasteiger partial charge < -0.3 is 14.4 Å². The number of likely N-dealkylation sites (tertiary alicyclic amines) is 1. The third-order valence-corrected chi connectivity index (χ3v) is 5.72. The van der Waals surface area contributed by atoms with Gasteiger partial charge in [-0.05, 0) is 42.8 Å². The van der Waals surface area contributed by atoms with Crippen molar-refractivity contribution in [2.75, 3.05) is 27.3 Å². The topological polar surface area (TPSA) is 51.7 Å². The molecule has 0 saturated carbocycles. The van der Waals surface area contributed by atoms with E-state index >= 15 is 0 Å². The zero-order chi connectivity index (χ0) is 18.1. The lowest BCUT2D eigenvalue weighted by Crippen LogP contribution is -2.28. The van der Waals surface area contributed by atoms with Gasteiger partial charge >= 0.3 is 0 Å². The smallest absolute Gasteiger partial charge is 0.253 e. The van der Waals surface area contributed by atoms with Gasteiger partial charge in [-0.15, -0.1) is 11.3 Å². The zero-order valence-electron chi connectivity index (χ0n) is 14.8. The van der Waals surface area contributed by atoms with Crippen LogP contribution in [0.25, 0.3) is 10.2 Å². The Morgan fingerprint density at radius 1 is 1.19 bits per heavy atom. The van der Waals surface area contributed by atoms with Gasteiger partial charge in [0.1, 0.15) is 11.5 Å². The van der Waals surface area contributed by atoms with Crippen molar-refractivity contribution < 1.29 is 14.3 Å². The number of thiazole rings is 1. The maximum absolute atomic E-state index is 12.9. The van der Waals surface area contributed by atoms with Crippen LogP contribution in [0.15, 0.2) is 41.9 Å². The molecule has 4 rings (SSSR count). The minimum absolute atomic E-state index is 0.0738. The summed E-state index contributed by atoms with van der Waals surface area (Å²) in [6.45, 7) is 1.42. The van der Waals surface area contributed by atoms with Crippen molar-refractivity contribution in [1.29, 1.82) is 0 Å². The lowest BCUT2D eigenvalue weighted by molar-refractivity contribution is 0.0791. The number of carbonyl (C=O) groups excluding carboxylic acids is 1. The Morgan fingerprint density at radius 3 is 2.88 bits per heavy atom. The molecule has 3 aromatic rings. The van der Waals surface area contributed by atoms with Crippen LogP contribution in [0.5, 0.6) is 11.5 Å². The fraction of sp³-hybridized carbons (Fsp3) is 0.300. The first-order chi connectivity index (χ1) is 12.7. The second-order valence-corrected chi connectivity index (χ2v) is 7.27. The predicted octanol–water partition coefficient (Wildman–Crippen LogP) is 3.94. The first kappa shape index (κ1) is 16.8. The van der Waals surface area contributed by atoms with Gasteiger partial charge in [0, 0.05) is 30.1 Å². The average molecular weight is 368 g/mol. The second kappa shape index (κ2) is 6.96. The van der Waals surface area contributed by atoms with Crippen molar-refractivity contribution in [3.05, 3.63) is 53.0 Å². The van der Waals surface area contributed by atoms with Gasteiger partial charge in [0.15, 0.2) is 0 Å². The van der Waals surface area contributed by atoms with Gasteiger partial charge in [-0.2, -0.15) is 0 Å². The SMILES string of the molecule is COc1ccc(OC)c(C2CCN(C(=O)c3ccc4ncsc4c3)C2)c1. The van der Waals surface area contributed by atoms with Gasteiger partial charge in [0.25, 0.3) is 5.91 Å². The summed E-state index contributed by atoms with van der Waals surface area (Å²) in [6.07, 6.45) is 0.915. The second-order valence-electron chi connectivity index (χ2n) is 6.38. The molecule has 5 nitrogen and oxygen atoms in total. The van der Waals surface area contributed by atoms with Crippen molar-refractivity contribution in [2.24, 2.45) is 0 Å². The van der Waals surface area contributed by atoms with E-state index in [1.54, 1.807) is 31.1 Å². The Morgan fingerprint density at radius 2 is 2.08 bits per heavy atom. The summed E-state index contributed by atoms with van der Waals surface area (Å²) < 4.78 is 11.9. The molecule has 0 N–H and O–H groups in total. The normalized spacial score (nSPS) is 16.8. The van der Waals surface area contributed by atoms with E-state index in [1.807, 2.05) is 41.3 Å². The molecule has 1 saturated heterocycles. The molecule has 1 unspecified atom stereocenters. The number of hydrogen-bond acceptors (Lipinski definition) is 5. The molecule has 1 aliphatic heterocycles. The highest BCUT2D eigenvalue weighted by Crippen LogP contribution is 2.36. The monoisotopic (exact) mass is 368 g/mol. The summed E-state index contributed by atoms with van der Waals surface area (Å²) in [4.78, 5) is 19.1. The van der Waals surface area contributed by atoms with Crippen molar-refractivity contribution in [2.45, 2.75) is 12.3 Å². The van der Waals surface area contributed by atoms with E-state index in [1.165, 1.54) is 0 Å². The van der Waals surface area contributed by atoms with Crippen LogP contribution in [-0.2, 0) is 0 Å². The Labute approximate surface area is 156 Å². The van der Waals surface area contributed by atoms with Gasteiger partial charge in [0.05, 0.1) is 29.9 Å². The number of methoxy groups -OCH3 is 2. The van der Waals surface area contributed by atoms with E-state index in [0.29, 0.717) is 6.54 Å². The van der Waals surface area contributed by atoms with E-state index in [2.05, 4.69) is 4.98 Å². The van der Waals surface area contributed by atoms with Crippen LogP contribution in [0.1, 0.15) is 28.3 Å². The van der Waals surface area contributed by atoms with E-state index < -0.39 is 0 Å². The molecule has 1 amide bonds. The molecule has 0 bridgehead atoms. The number of amides is 1. The van der Waals surface area contributed by atoms with Crippen LogP contribution in [0, 0.1) is 0 Å². The van der Waals surface area contributed by atoms with Gasteiger partial charge in [-0.1, -0.05) is 0 Å². The minimum atomic E-state index is 0.0738. The predicted molar refractivity (Wildman–Crippen MR) is 102 cm³/mol. The number of nitrogens with zero attached hydrogens (tertiary/aromatic N) is 2. The van der Waals surface area contributed by atoms with E-state index in [4.69, 9.17) is 9.47 Å². The van der Waals surface area contributed by atoms with Crippen LogP contribution in [0.4, 0.5) is 0 Å². The van der Waals surface area contributed by atoms with Crippen LogP contribution < -0.4 is 9.47 Å². The minimum Gasteiger partial charge on any atom is -0.497 e. The summed E-state index contributed by atoms with van der Waals surface area (Å²) >= 11 is 1.56. The molecular weight excluding hydrogens is 348 g/mol. The highest BCUT2D eigenvalue weighted by Gasteiger charge is 2.30. The molecule has 0 spiro atoms. The number of carbonyl (C=O) groups is 1. The molecule has 1 aliphatic rings. The summed E-state index contributed by atoms with van der Waals surface area (Å²) in [5, 5.41) is 0. The lowest BCUT2D eigenvalue weighted by Gasteiger charge is -2.18. The largest absolute Gasteiger partial charge is 0.497 e. The number of rotatable bonds is 4.